The first-order valence-corrected chi connectivity index (χ1v) is 14.9. The number of thioether (sulfide) groups is 1. The van der Waals surface area contributed by atoms with Gasteiger partial charge in [0.15, 0.2) is 11.0 Å². The largest absolute Gasteiger partial charge is 0.480 e. The Labute approximate surface area is 248 Å². The lowest BCUT2D eigenvalue weighted by atomic mass is 9.97. The van der Waals surface area contributed by atoms with Gasteiger partial charge >= 0.3 is 5.97 Å². The Morgan fingerprint density at radius 3 is 2.38 bits per heavy atom. The number of nitrogens with one attached hydrogen (secondary N) is 2. The highest BCUT2D eigenvalue weighted by Crippen LogP contribution is 2.30. The van der Waals surface area contributed by atoms with Crippen LogP contribution in [0.2, 0.25) is 0 Å². The average molecular weight is 584 g/mol. The van der Waals surface area contributed by atoms with Crippen LogP contribution in [0.3, 0.4) is 0 Å². The van der Waals surface area contributed by atoms with Gasteiger partial charge in [-0.3, -0.25) is 4.79 Å². The normalized spacial score (nSPS) is 12.1. The Bertz CT molecular complexity index is 1600. The Balaban J connectivity index is 1.23. The van der Waals surface area contributed by atoms with Crippen LogP contribution in [-0.2, 0) is 16.1 Å². The van der Waals surface area contributed by atoms with Gasteiger partial charge in [0, 0.05) is 24.3 Å². The first-order chi connectivity index (χ1) is 20.4. The van der Waals surface area contributed by atoms with Crippen molar-refractivity contribution in [2.45, 2.75) is 50.9 Å². The van der Waals surface area contributed by atoms with E-state index in [1.165, 1.54) is 4.90 Å². The summed E-state index contributed by atoms with van der Waals surface area (Å²) in [5.41, 5.74) is 5.59. The van der Waals surface area contributed by atoms with Crippen molar-refractivity contribution in [1.82, 2.24) is 35.5 Å². The standard InChI is InChI=1S/C31H33N7O3S/c1-20(2)28(30(40)41)38(27(39)13-7-8-18-42-31-32-25-11-5-6-12-26(25)33-31)19-21-14-16-22(17-15-21)23-9-3-4-10-24(23)29-34-36-37-35-29/h3-6,9-12,14-17,20,28H,7-8,13,18-19H2,1-2H3,(H,32,33)(H,40,41)(H,34,35,36,37)/t28-/m0/s1. The number of amides is 1. The molecule has 5 rings (SSSR count). The highest BCUT2D eigenvalue weighted by atomic mass is 32.2. The van der Waals surface area contributed by atoms with Crippen LogP contribution in [0.4, 0.5) is 0 Å². The van der Waals surface area contributed by atoms with Crippen molar-refractivity contribution in [2.75, 3.05) is 5.75 Å². The van der Waals surface area contributed by atoms with E-state index in [0.29, 0.717) is 12.2 Å². The van der Waals surface area contributed by atoms with E-state index in [0.717, 1.165) is 50.6 Å². The number of aromatic nitrogens is 6. The van der Waals surface area contributed by atoms with Gasteiger partial charge in [0.05, 0.1) is 11.0 Å². The van der Waals surface area contributed by atoms with Crippen LogP contribution in [0.25, 0.3) is 33.5 Å². The summed E-state index contributed by atoms with van der Waals surface area (Å²) in [7, 11) is 0. The van der Waals surface area contributed by atoms with Gasteiger partial charge in [0.2, 0.25) is 5.91 Å². The number of fused-ring (bicyclic) bond motifs is 1. The fourth-order valence-corrected chi connectivity index (χ4v) is 5.90. The molecule has 1 amide bonds. The molecule has 0 aliphatic carbocycles. The second-order valence-electron chi connectivity index (χ2n) is 10.4. The molecule has 3 aromatic carbocycles. The molecule has 11 heteroatoms. The SMILES string of the molecule is CC(C)[C@@H](C(=O)O)N(Cc1ccc(-c2ccccc2-c2nnn[nH]2)cc1)C(=O)CCCCSc1nc2ccccc2[nH]1. The lowest BCUT2D eigenvalue weighted by Gasteiger charge is -2.32. The van der Waals surface area contributed by atoms with Crippen LogP contribution in [0.1, 0.15) is 38.7 Å². The Kier molecular flexibility index (Phi) is 9.28. The maximum absolute atomic E-state index is 13.4. The maximum atomic E-state index is 13.4. The highest BCUT2D eigenvalue weighted by molar-refractivity contribution is 7.99. The molecule has 2 heterocycles. The number of aliphatic carboxylic acids is 1. The number of nitrogens with zero attached hydrogens (tertiary/aromatic N) is 5. The topological polar surface area (TPSA) is 141 Å². The fraction of sp³-hybridized carbons (Fsp3) is 0.290. The molecule has 1 atom stereocenters. The number of rotatable bonds is 13. The summed E-state index contributed by atoms with van der Waals surface area (Å²) in [6, 6.07) is 22.6. The lowest BCUT2D eigenvalue weighted by Crippen LogP contribution is -2.47. The molecule has 5 aromatic rings. The molecule has 0 radical (unpaired) electrons. The molecule has 0 spiro atoms. The number of imidazole rings is 1. The van der Waals surface area contributed by atoms with Gasteiger partial charge in [-0.25, -0.2) is 14.9 Å². The Morgan fingerprint density at radius 2 is 1.69 bits per heavy atom. The minimum Gasteiger partial charge on any atom is -0.480 e. The van der Waals surface area contributed by atoms with Crippen LogP contribution < -0.4 is 0 Å². The monoisotopic (exact) mass is 583 g/mol. The predicted octanol–water partition coefficient (Wildman–Crippen LogP) is 5.81. The zero-order chi connectivity index (χ0) is 29.5. The quantitative estimate of drug-likeness (QED) is 0.116. The second kappa shape index (κ2) is 13.4. The number of carboxylic acid groups (broad SMARTS) is 1. The number of para-hydroxylation sites is 2. The predicted molar refractivity (Wildman–Crippen MR) is 163 cm³/mol. The summed E-state index contributed by atoms with van der Waals surface area (Å²) in [5, 5.41) is 25.1. The van der Waals surface area contributed by atoms with Gasteiger partial charge in [0.25, 0.3) is 0 Å². The van der Waals surface area contributed by atoms with Crippen LogP contribution >= 0.6 is 11.8 Å². The smallest absolute Gasteiger partial charge is 0.326 e. The van der Waals surface area contributed by atoms with Gasteiger partial charge in [-0.1, -0.05) is 86.3 Å². The number of carbonyl (C=O) groups is 2. The van der Waals surface area contributed by atoms with E-state index in [2.05, 4.69) is 30.6 Å². The van der Waals surface area contributed by atoms with Gasteiger partial charge in [0.1, 0.15) is 6.04 Å². The molecule has 0 saturated carbocycles. The van der Waals surface area contributed by atoms with Crippen molar-refractivity contribution in [2.24, 2.45) is 5.92 Å². The average Bonchev–Trinajstić information content (AvgIpc) is 3.67. The second-order valence-corrected chi connectivity index (χ2v) is 11.5. The van der Waals surface area contributed by atoms with E-state index in [1.54, 1.807) is 11.8 Å². The molecular weight excluding hydrogens is 550 g/mol. The fourth-order valence-electron chi connectivity index (χ4n) is 5.01. The molecule has 0 saturated heterocycles. The van der Waals surface area contributed by atoms with E-state index in [9.17, 15) is 14.7 Å². The van der Waals surface area contributed by atoms with Crippen molar-refractivity contribution >= 4 is 34.7 Å². The van der Waals surface area contributed by atoms with Gasteiger partial charge in [-0.15, -0.1) is 5.10 Å². The summed E-state index contributed by atoms with van der Waals surface area (Å²) >= 11 is 1.63. The number of carbonyl (C=O) groups excluding carboxylic acids is 1. The van der Waals surface area contributed by atoms with E-state index in [-0.39, 0.29) is 24.8 Å². The molecule has 3 N–H and O–H groups in total. The summed E-state index contributed by atoms with van der Waals surface area (Å²) in [6.07, 6.45) is 1.77. The molecule has 0 bridgehead atoms. The number of hydrogen-bond acceptors (Lipinski definition) is 7. The van der Waals surface area contributed by atoms with E-state index in [1.807, 2.05) is 86.6 Å². The highest BCUT2D eigenvalue weighted by Gasteiger charge is 2.32. The summed E-state index contributed by atoms with van der Waals surface area (Å²) in [4.78, 5) is 35.1. The molecular formula is C31H33N7O3S. The van der Waals surface area contributed by atoms with Crippen molar-refractivity contribution in [1.29, 1.82) is 0 Å². The van der Waals surface area contributed by atoms with Crippen molar-refractivity contribution in [3.8, 4) is 22.5 Å². The number of hydrogen-bond donors (Lipinski definition) is 3. The number of benzene rings is 3. The maximum Gasteiger partial charge on any atom is 0.326 e. The summed E-state index contributed by atoms with van der Waals surface area (Å²) in [6.45, 7) is 3.89. The van der Waals surface area contributed by atoms with Crippen molar-refractivity contribution < 1.29 is 14.7 Å². The van der Waals surface area contributed by atoms with E-state index < -0.39 is 12.0 Å². The Hall–Kier alpha value is -4.51. The van der Waals surface area contributed by atoms with Gasteiger partial charge < -0.3 is 15.0 Å². The molecule has 216 valence electrons. The molecule has 0 aliphatic heterocycles. The third-order valence-electron chi connectivity index (χ3n) is 7.08. The third-order valence-corrected chi connectivity index (χ3v) is 8.04. The van der Waals surface area contributed by atoms with Crippen molar-refractivity contribution in [3.63, 3.8) is 0 Å². The van der Waals surface area contributed by atoms with Crippen LogP contribution in [-0.4, -0.2) is 64.3 Å². The molecule has 10 nitrogen and oxygen atoms in total. The molecule has 0 unspecified atom stereocenters. The molecule has 2 aromatic heterocycles. The minimum atomic E-state index is -0.995. The van der Waals surface area contributed by atoms with E-state index >= 15 is 0 Å². The zero-order valence-electron chi connectivity index (χ0n) is 23.5. The number of aromatic amines is 2. The lowest BCUT2D eigenvalue weighted by molar-refractivity contribution is -0.153. The minimum absolute atomic E-state index is 0.155. The first-order valence-electron chi connectivity index (χ1n) is 13.9. The van der Waals surface area contributed by atoms with Crippen LogP contribution in [0.5, 0.6) is 0 Å². The molecule has 0 aliphatic rings. The van der Waals surface area contributed by atoms with Crippen molar-refractivity contribution in [3.05, 3.63) is 78.4 Å². The number of H-pyrrole nitrogens is 2. The molecule has 42 heavy (non-hydrogen) atoms. The number of carboxylic acids is 1. The Morgan fingerprint density at radius 1 is 0.952 bits per heavy atom. The summed E-state index contributed by atoms with van der Waals surface area (Å²) < 4.78 is 0. The number of tetrazole rings is 1. The number of unbranched alkanes of at least 4 members (excludes halogenated alkanes) is 1. The molecule has 0 fully saturated rings. The van der Waals surface area contributed by atoms with Gasteiger partial charge in [-0.05, 0) is 58.0 Å². The van der Waals surface area contributed by atoms with Crippen LogP contribution in [0, 0.1) is 5.92 Å². The first kappa shape index (κ1) is 29.0. The summed E-state index contributed by atoms with van der Waals surface area (Å²) in [5.74, 6) is -0.00491. The van der Waals surface area contributed by atoms with E-state index in [4.69, 9.17) is 0 Å². The van der Waals surface area contributed by atoms with Gasteiger partial charge in [-0.2, -0.15) is 0 Å². The zero-order valence-corrected chi connectivity index (χ0v) is 24.3. The van der Waals surface area contributed by atoms with Crippen LogP contribution in [0.15, 0.2) is 78.0 Å². The third kappa shape index (κ3) is 6.85.